The first-order valence-electron chi connectivity index (χ1n) is 9.42. The third kappa shape index (κ3) is 4.32. The highest BCUT2D eigenvalue weighted by molar-refractivity contribution is 7.98. The molecule has 0 aliphatic heterocycles. The van der Waals surface area contributed by atoms with Gasteiger partial charge in [0, 0.05) is 24.7 Å². The van der Waals surface area contributed by atoms with Gasteiger partial charge in [-0.15, -0.1) is 0 Å². The van der Waals surface area contributed by atoms with E-state index in [1.807, 2.05) is 41.0 Å². The molecule has 6 heteroatoms. The highest BCUT2D eigenvalue weighted by Crippen LogP contribution is 2.27. The average Bonchev–Trinajstić information content (AvgIpc) is 3.10. The Morgan fingerprint density at radius 3 is 2.72 bits per heavy atom. The predicted molar refractivity (Wildman–Crippen MR) is 118 cm³/mol. The van der Waals surface area contributed by atoms with E-state index in [9.17, 15) is 4.79 Å². The van der Waals surface area contributed by atoms with Gasteiger partial charge >= 0.3 is 0 Å². The number of carbonyl (C=O) groups is 1. The number of hydrogen-bond donors (Lipinski definition) is 0. The smallest absolute Gasteiger partial charge is 0.246 e. The standard InChI is InChI=1S/C23H22N4OS/c1-17-7-6-8-18(13-17)16-29-23-25-20-11-12-24-14-21(20)27(23)15-22(28)26(2)19-9-4-3-5-10-19/h3-14H,15-16H2,1-2H3. The fraction of sp³-hybridized carbons (Fsp3) is 0.174. The molecule has 0 radical (unpaired) electrons. The van der Waals surface area contributed by atoms with Crippen molar-refractivity contribution in [2.75, 3.05) is 11.9 Å². The maximum atomic E-state index is 13.0. The van der Waals surface area contributed by atoms with E-state index in [2.05, 4.69) is 36.2 Å². The summed E-state index contributed by atoms with van der Waals surface area (Å²) < 4.78 is 1.96. The number of pyridine rings is 1. The summed E-state index contributed by atoms with van der Waals surface area (Å²) in [5.41, 5.74) is 5.06. The Morgan fingerprint density at radius 1 is 1.10 bits per heavy atom. The zero-order chi connectivity index (χ0) is 20.2. The summed E-state index contributed by atoms with van der Waals surface area (Å²) in [5, 5.41) is 0.823. The predicted octanol–water partition coefficient (Wildman–Crippen LogP) is 4.70. The fourth-order valence-corrected chi connectivity index (χ4v) is 4.15. The molecule has 5 nitrogen and oxygen atoms in total. The Hall–Kier alpha value is -3.12. The molecular formula is C23H22N4OS. The van der Waals surface area contributed by atoms with Crippen molar-refractivity contribution in [3.05, 3.63) is 84.2 Å². The molecule has 2 aromatic carbocycles. The molecule has 1 amide bonds. The third-order valence-electron chi connectivity index (χ3n) is 4.78. The molecule has 0 aliphatic rings. The van der Waals surface area contributed by atoms with Crippen LogP contribution < -0.4 is 4.90 Å². The number of rotatable bonds is 6. The highest BCUT2D eigenvalue weighted by atomic mass is 32.2. The van der Waals surface area contributed by atoms with Crippen LogP contribution in [0.25, 0.3) is 11.0 Å². The number of benzene rings is 2. The van der Waals surface area contributed by atoms with E-state index in [4.69, 9.17) is 4.98 Å². The molecule has 0 unspecified atom stereocenters. The van der Waals surface area contributed by atoms with Gasteiger partial charge in [0.05, 0.1) is 17.2 Å². The van der Waals surface area contributed by atoms with Crippen molar-refractivity contribution in [2.45, 2.75) is 24.4 Å². The number of aryl methyl sites for hydroxylation is 1. The van der Waals surface area contributed by atoms with Crippen molar-refractivity contribution < 1.29 is 4.79 Å². The van der Waals surface area contributed by atoms with E-state index < -0.39 is 0 Å². The minimum atomic E-state index is -0.00300. The number of anilines is 1. The minimum Gasteiger partial charge on any atom is -0.314 e. The largest absolute Gasteiger partial charge is 0.314 e. The van der Waals surface area contributed by atoms with Crippen LogP contribution in [0.5, 0.6) is 0 Å². The van der Waals surface area contributed by atoms with Crippen molar-refractivity contribution in [1.29, 1.82) is 0 Å². The summed E-state index contributed by atoms with van der Waals surface area (Å²) in [6, 6.07) is 20.0. The summed E-state index contributed by atoms with van der Waals surface area (Å²) in [7, 11) is 1.80. The Kier molecular flexibility index (Phi) is 5.62. The molecule has 4 aromatic rings. The Morgan fingerprint density at radius 2 is 1.93 bits per heavy atom. The summed E-state index contributed by atoms with van der Waals surface area (Å²) in [6.07, 6.45) is 3.50. The van der Waals surface area contributed by atoms with Crippen LogP contribution >= 0.6 is 11.8 Å². The molecule has 0 N–H and O–H groups in total. The lowest BCUT2D eigenvalue weighted by Gasteiger charge is -2.18. The number of aromatic nitrogens is 3. The molecular weight excluding hydrogens is 380 g/mol. The number of carbonyl (C=O) groups excluding carboxylic acids is 1. The summed E-state index contributed by atoms with van der Waals surface area (Å²) in [4.78, 5) is 23.6. The van der Waals surface area contributed by atoms with Crippen LogP contribution in [0.3, 0.4) is 0 Å². The zero-order valence-corrected chi connectivity index (χ0v) is 17.3. The minimum absolute atomic E-state index is 0.00300. The van der Waals surface area contributed by atoms with Crippen LogP contribution in [0, 0.1) is 6.92 Å². The molecule has 0 saturated carbocycles. The first-order chi connectivity index (χ1) is 14.1. The van der Waals surface area contributed by atoms with Gasteiger partial charge in [0.1, 0.15) is 6.54 Å². The number of hydrogen-bond acceptors (Lipinski definition) is 4. The van der Waals surface area contributed by atoms with Gasteiger partial charge in [0.2, 0.25) is 5.91 Å². The molecule has 0 spiro atoms. The maximum Gasteiger partial charge on any atom is 0.246 e. The zero-order valence-electron chi connectivity index (χ0n) is 16.4. The van der Waals surface area contributed by atoms with Gasteiger partial charge in [0.25, 0.3) is 0 Å². The summed E-state index contributed by atoms with van der Waals surface area (Å²) >= 11 is 1.64. The van der Waals surface area contributed by atoms with Gasteiger partial charge in [-0.3, -0.25) is 9.78 Å². The van der Waals surface area contributed by atoms with E-state index >= 15 is 0 Å². The van der Waals surface area contributed by atoms with Gasteiger partial charge in [-0.05, 0) is 30.7 Å². The molecule has 2 aromatic heterocycles. The average molecular weight is 403 g/mol. The van der Waals surface area contributed by atoms with Gasteiger partial charge in [-0.25, -0.2) is 4.98 Å². The number of imidazole rings is 1. The second-order valence-corrected chi connectivity index (χ2v) is 7.85. The number of thioether (sulfide) groups is 1. The van der Waals surface area contributed by atoms with E-state index in [0.717, 1.165) is 27.6 Å². The summed E-state index contributed by atoms with van der Waals surface area (Å²) in [5.74, 6) is 0.790. The number of amides is 1. The Labute approximate surface area is 174 Å². The third-order valence-corrected chi connectivity index (χ3v) is 5.82. The normalized spacial score (nSPS) is 11.0. The number of likely N-dealkylation sites (N-methyl/N-ethyl adjacent to an activating group) is 1. The lowest BCUT2D eigenvalue weighted by Crippen LogP contribution is -2.30. The Balaban J connectivity index is 1.60. The molecule has 4 rings (SSSR count). The number of para-hydroxylation sites is 1. The van der Waals surface area contributed by atoms with Crippen LogP contribution in [-0.2, 0) is 17.1 Å². The second kappa shape index (κ2) is 8.49. The van der Waals surface area contributed by atoms with Crippen LogP contribution in [0.1, 0.15) is 11.1 Å². The van der Waals surface area contributed by atoms with Gasteiger partial charge in [0.15, 0.2) is 5.16 Å². The van der Waals surface area contributed by atoms with Crippen LogP contribution in [-0.4, -0.2) is 27.5 Å². The van der Waals surface area contributed by atoms with Crippen molar-refractivity contribution in [3.8, 4) is 0 Å². The van der Waals surface area contributed by atoms with Crippen molar-refractivity contribution >= 4 is 34.4 Å². The fourth-order valence-electron chi connectivity index (χ4n) is 3.20. The molecule has 0 saturated heterocycles. The molecule has 146 valence electrons. The van der Waals surface area contributed by atoms with Crippen LogP contribution in [0.2, 0.25) is 0 Å². The quantitative estimate of drug-likeness (QED) is 0.439. The maximum absolute atomic E-state index is 13.0. The SMILES string of the molecule is Cc1cccc(CSc2nc3ccncc3n2CC(=O)N(C)c2ccccc2)c1. The van der Waals surface area contributed by atoms with Gasteiger partial charge in [-0.1, -0.05) is 59.8 Å². The summed E-state index contributed by atoms with van der Waals surface area (Å²) in [6.45, 7) is 2.30. The molecule has 0 atom stereocenters. The number of nitrogens with zero attached hydrogens (tertiary/aromatic N) is 4. The van der Waals surface area contributed by atoms with Crippen molar-refractivity contribution in [1.82, 2.24) is 14.5 Å². The molecule has 29 heavy (non-hydrogen) atoms. The topological polar surface area (TPSA) is 51.0 Å². The monoisotopic (exact) mass is 402 g/mol. The number of fused-ring (bicyclic) bond motifs is 1. The van der Waals surface area contributed by atoms with E-state index in [0.29, 0.717) is 0 Å². The van der Waals surface area contributed by atoms with Gasteiger partial charge < -0.3 is 9.47 Å². The molecule has 2 heterocycles. The van der Waals surface area contributed by atoms with E-state index in [1.54, 1.807) is 36.1 Å². The molecule has 0 fully saturated rings. The van der Waals surface area contributed by atoms with Crippen molar-refractivity contribution in [3.63, 3.8) is 0 Å². The first-order valence-corrected chi connectivity index (χ1v) is 10.4. The van der Waals surface area contributed by atoms with E-state index in [1.165, 1.54) is 11.1 Å². The molecule has 0 aliphatic carbocycles. The van der Waals surface area contributed by atoms with Gasteiger partial charge in [-0.2, -0.15) is 0 Å². The van der Waals surface area contributed by atoms with Crippen LogP contribution in [0.4, 0.5) is 5.69 Å². The highest BCUT2D eigenvalue weighted by Gasteiger charge is 2.17. The lowest BCUT2D eigenvalue weighted by molar-refractivity contribution is -0.118. The first kappa shape index (κ1) is 19.2. The van der Waals surface area contributed by atoms with Crippen molar-refractivity contribution in [2.24, 2.45) is 0 Å². The van der Waals surface area contributed by atoms with Crippen LogP contribution in [0.15, 0.2) is 78.2 Å². The Bertz CT molecular complexity index is 1140. The molecule has 0 bridgehead atoms. The second-order valence-electron chi connectivity index (χ2n) is 6.91. The lowest BCUT2D eigenvalue weighted by atomic mass is 10.2. The van der Waals surface area contributed by atoms with E-state index in [-0.39, 0.29) is 12.5 Å².